The van der Waals surface area contributed by atoms with Gasteiger partial charge in [0.25, 0.3) is 0 Å². The molecule has 4 rings (SSSR count). The highest BCUT2D eigenvalue weighted by atomic mass is 15.3. The number of fused-ring (bicyclic) bond motifs is 1. The average molecular weight is 334 g/mol. The van der Waals surface area contributed by atoms with E-state index in [4.69, 9.17) is 4.98 Å². The first-order valence-electron chi connectivity index (χ1n) is 8.73. The van der Waals surface area contributed by atoms with Crippen LogP contribution in [0, 0.1) is 6.92 Å². The molecule has 0 fully saturated rings. The summed E-state index contributed by atoms with van der Waals surface area (Å²) in [5.74, 6) is 0.764. The molecule has 0 N–H and O–H groups in total. The quantitative estimate of drug-likeness (QED) is 0.734. The van der Waals surface area contributed by atoms with Gasteiger partial charge in [-0.15, -0.1) is 0 Å². The van der Waals surface area contributed by atoms with Gasteiger partial charge in [0.2, 0.25) is 0 Å². The third-order valence-corrected chi connectivity index (χ3v) is 4.70. The summed E-state index contributed by atoms with van der Waals surface area (Å²) < 4.78 is 2.01. The van der Waals surface area contributed by atoms with E-state index in [1.807, 2.05) is 29.2 Å². The molecule has 0 unspecified atom stereocenters. The fourth-order valence-corrected chi connectivity index (χ4v) is 3.26. The molecular formula is C19H22N6. The zero-order valence-electron chi connectivity index (χ0n) is 14.7. The molecule has 4 heterocycles. The van der Waals surface area contributed by atoms with E-state index < -0.39 is 0 Å². The lowest BCUT2D eigenvalue weighted by Crippen LogP contribution is -2.31. The normalized spacial score (nSPS) is 14.5. The van der Waals surface area contributed by atoms with Crippen molar-refractivity contribution in [3.8, 4) is 11.4 Å². The third kappa shape index (κ3) is 3.30. The van der Waals surface area contributed by atoms with Crippen LogP contribution in [0.2, 0.25) is 0 Å². The summed E-state index contributed by atoms with van der Waals surface area (Å²) in [5, 5.41) is 4.54. The molecule has 0 spiro atoms. The number of hydrogen-bond donors (Lipinski definition) is 0. The molecule has 1 aliphatic rings. The SMILES string of the molecule is CCn1cc(CN2CCc3nc(-c4cccnc4)ncc3C2)c(C)n1. The number of rotatable bonds is 4. The number of nitrogens with zero attached hydrogens (tertiary/aromatic N) is 6. The molecule has 3 aromatic heterocycles. The lowest BCUT2D eigenvalue weighted by molar-refractivity contribution is 0.242. The molecule has 0 atom stereocenters. The zero-order chi connectivity index (χ0) is 17.2. The second-order valence-electron chi connectivity index (χ2n) is 6.46. The van der Waals surface area contributed by atoms with E-state index in [-0.39, 0.29) is 0 Å². The summed E-state index contributed by atoms with van der Waals surface area (Å²) in [4.78, 5) is 15.9. The van der Waals surface area contributed by atoms with Gasteiger partial charge in [0.1, 0.15) is 0 Å². The van der Waals surface area contributed by atoms with Gasteiger partial charge in [-0.25, -0.2) is 9.97 Å². The van der Waals surface area contributed by atoms with E-state index in [1.165, 1.54) is 11.1 Å². The number of hydrogen-bond acceptors (Lipinski definition) is 5. The Morgan fingerprint density at radius 2 is 2.16 bits per heavy atom. The Labute approximate surface area is 147 Å². The van der Waals surface area contributed by atoms with Crippen LogP contribution < -0.4 is 0 Å². The Bertz CT molecular complexity index is 871. The Morgan fingerprint density at radius 3 is 2.92 bits per heavy atom. The topological polar surface area (TPSA) is 59.7 Å². The summed E-state index contributed by atoms with van der Waals surface area (Å²) >= 11 is 0. The molecule has 0 saturated heterocycles. The first-order valence-corrected chi connectivity index (χ1v) is 8.73. The van der Waals surface area contributed by atoms with Crippen molar-refractivity contribution in [2.24, 2.45) is 0 Å². The van der Waals surface area contributed by atoms with Crippen molar-refractivity contribution >= 4 is 0 Å². The van der Waals surface area contributed by atoms with Gasteiger partial charge in [0.05, 0.1) is 11.4 Å². The summed E-state index contributed by atoms with van der Waals surface area (Å²) in [5.41, 5.74) is 5.77. The van der Waals surface area contributed by atoms with Gasteiger partial charge in [-0.2, -0.15) is 5.10 Å². The van der Waals surface area contributed by atoms with Crippen LogP contribution in [0.1, 0.15) is 29.4 Å². The summed E-state index contributed by atoms with van der Waals surface area (Å²) in [6.45, 7) is 7.93. The standard InChI is InChI=1S/C19H22N6/c1-3-25-13-17(14(2)23-25)12-24-8-6-18-16(11-24)10-21-19(22-18)15-5-4-7-20-9-15/h4-5,7,9-10,13H,3,6,8,11-12H2,1-2H3. The van der Waals surface area contributed by atoms with Crippen LogP contribution in [-0.4, -0.2) is 36.2 Å². The Balaban J connectivity index is 1.51. The van der Waals surface area contributed by atoms with Crippen molar-refractivity contribution < 1.29 is 0 Å². The Hall–Kier alpha value is -2.60. The predicted molar refractivity (Wildman–Crippen MR) is 95.7 cm³/mol. The molecular weight excluding hydrogens is 312 g/mol. The van der Waals surface area contributed by atoms with Gasteiger partial charge in [-0.3, -0.25) is 14.6 Å². The monoisotopic (exact) mass is 334 g/mol. The van der Waals surface area contributed by atoms with Crippen LogP contribution in [0.4, 0.5) is 0 Å². The van der Waals surface area contributed by atoms with Gasteiger partial charge in [0, 0.05) is 74.1 Å². The van der Waals surface area contributed by atoms with E-state index in [2.05, 4.69) is 40.0 Å². The second kappa shape index (κ2) is 6.72. The second-order valence-corrected chi connectivity index (χ2v) is 6.46. The smallest absolute Gasteiger partial charge is 0.160 e. The number of aryl methyl sites for hydroxylation is 2. The van der Waals surface area contributed by atoms with E-state index in [9.17, 15) is 0 Å². The predicted octanol–water partition coefficient (Wildman–Crippen LogP) is 2.62. The summed E-state index contributed by atoms with van der Waals surface area (Å²) in [6.07, 6.45) is 8.66. The average Bonchev–Trinajstić information content (AvgIpc) is 3.02. The number of aromatic nitrogens is 5. The summed E-state index contributed by atoms with van der Waals surface area (Å²) in [7, 11) is 0. The van der Waals surface area contributed by atoms with Gasteiger partial charge < -0.3 is 0 Å². The van der Waals surface area contributed by atoms with Crippen molar-refractivity contribution in [3.63, 3.8) is 0 Å². The maximum absolute atomic E-state index is 4.77. The van der Waals surface area contributed by atoms with Crippen molar-refractivity contribution in [1.82, 2.24) is 29.6 Å². The largest absolute Gasteiger partial charge is 0.294 e. The zero-order valence-corrected chi connectivity index (χ0v) is 14.7. The highest BCUT2D eigenvalue weighted by molar-refractivity contribution is 5.53. The van der Waals surface area contributed by atoms with Crippen LogP contribution in [0.15, 0.2) is 36.9 Å². The fourth-order valence-electron chi connectivity index (χ4n) is 3.26. The van der Waals surface area contributed by atoms with Crippen LogP contribution in [0.25, 0.3) is 11.4 Å². The molecule has 0 aromatic carbocycles. The first-order chi connectivity index (χ1) is 12.2. The molecule has 128 valence electrons. The highest BCUT2D eigenvalue weighted by Crippen LogP contribution is 2.22. The third-order valence-electron chi connectivity index (χ3n) is 4.70. The molecule has 25 heavy (non-hydrogen) atoms. The number of pyridine rings is 1. The van der Waals surface area contributed by atoms with Gasteiger partial charge in [-0.1, -0.05) is 0 Å². The minimum atomic E-state index is 0.764. The van der Waals surface area contributed by atoms with Gasteiger partial charge in [0.15, 0.2) is 5.82 Å². The molecule has 0 bridgehead atoms. The molecule has 0 saturated carbocycles. The molecule has 0 aliphatic carbocycles. The lowest BCUT2D eigenvalue weighted by Gasteiger charge is -2.27. The van der Waals surface area contributed by atoms with Crippen molar-refractivity contribution in [2.75, 3.05) is 6.54 Å². The minimum Gasteiger partial charge on any atom is -0.294 e. The Morgan fingerprint density at radius 1 is 1.24 bits per heavy atom. The molecule has 3 aromatic rings. The van der Waals surface area contributed by atoms with Crippen LogP contribution >= 0.6 is 0 Å². The molecule has 1 aliphatic heterocycles. The fraction of sp³-hybridized carbons (Fsp3) is 0.368. The molecule has 0 amide bonds. The van der Waals surface area contributed by atoms with E-state index >= 15 is 0 Å². The van der Waals surface area contributed by atoms with Crippen LogP contribution in [-0.2, 0) is 26.1 Å². The van der Waals surface area contributed by atoms with Crippen molar-refractivity contribution in [1.29, 1.82) is 0 Å². The minimum absolute atomic E-state index is 0.764. The van der Waals surface area contributed by atoms with E-state index in [1.54, 1.807) is 6.20 Å². The summed E-state index contributed by atoms with van der Waals surface area (Å²) in [6, 6.07) is 3.91. The lowest BCUT2D eigenvalue weighted by atomic mass is 10.1. The molecule has 0 radical (unpaired) electrons. The van der Waals surface area contributed by atoms with E-state index in [0.717, 1.165) is 55.4 Å². The molecule has 6 nitrogen and oxygen atoms in total. The highest BCUT2D eigenvalue weighted by Gasteiger charge is 2.20. The van der Waals surface area contributed by atoms with Crippen molar-refractivity contribution in [2.45, 2.75) is 39.9 Å². The maximum atomic E-state index is 4.77. The first kappa shape index (κ1) is 15.9. The van der Waals surface area contributed by atoms with Crippen LogP contribution in [0.5, 0.6) is 0 Å². The van der Waals surface area contributed by atoms with Crippen LogP contribution in [0.3, 0.4) is 0 Å². The van der Waals surface area contributed by atoms with Gasteiger partial charge >= 0.3 is 0 Å². The molecule has 6 heteroatoms. The Kier molecular flexibility index (Phi) is 4.28. The van der Waals surface area contributed by atoms with Gasteiger partial charge in [-0.05, 0) is 26.0 Å². The maximum Gasteiger partial charge on any atom is 0.160 e. The van der Waals surface area contributed by atoms with Crippen molar-refractivity contribution in [3.05, 3.63) is 59.4 Å². The van der Waals surface area contributed by atoms with E-state index in [0.29, 0.717) is 0 Å².